The molecule has 0 bridgehead atoms. The van der Waals surface area contributed by atoms with Gasteiger partial charge < -0.3 is 15.2 Å². The molecule has 2 rings (SSSR count). The molecule has 1 fully saturated rings. The van der Waals surface area contributed by atoms with Crippen LogP contribution in [0.4, 0.5) is 0 Å². The Morgan fingerprint density at radius 1 is 1.33 bits per heavy atom. The third-order valence-electron chi connectivity index (χ3n) is 4.02. The molecular weight excluding hydrogens is 270 g/mol. The van der Waals surface area contributed by atoms with E-state index < -0.39 is 11.9 Å². The summed E-state index contributed by atoms with van der Waals surface area (Å²) < 4.78 is 5.15. The minimum Gasteiger partial charge on any atom is -0.497 e. The van der Waals surface area contributed by atoms with E-state index in [4.69, 9.17) is 9.84 Å². The molecule has 0 aromatic heterocycles. The second-order valence-corrected chi connectivity index (χ2v) is 5.37. The molecule has 5 nitrogen and oxygen atoms in total. The van der Waals surface area contributed by atoms with Gasteiger partial charge in [-0.05, 0) is 37.0 Å². The summed E-state index contributed by atoms with van der Waals surface area (Å²) in [5, 5.41) is 12.0. The molecule has 0 spiro atoms. The Bertz CT molecular complexity index is 515. The summed E-state index contributed by atoms with van der Waals surface area (Å²) in [5.41, 5.74) is 1.08. The van der Waals surface area contributed by atoms with Crippen LogP contribution < -0.4 is 10.1 Å². The number of benzene rings is 1. The largest absolute Gasteiger partial charge is 0.497 e. The Morgan fingerprint density at radius 2 is 2.10 bits per heavy atom. The fourth-order valence-electron chi connectivity index (χ4n) is 2.86. The molecule has 1 aliphatic carbocycles. The number of carboxylic acids is 1. The Labute approximate surface area is 124 Å². The number of ether oxygens (including phenoxy) is 1. The number of rotatable bonds is 6. The van der Waals surface area contributed by atoms with Crippen molar-refractivity contribution in [1.82, 2.24) is 5.32 Å². The van der Waals surface area contributed by atoms with Gasteiger partial charge in [-0.1, -0.05) is 18.6 Å². The van der Waals surface area contributed by atoms with Crippen molar-refractivity contribution in [3.63, 3.8) is 0 Å². The van der Waals surface area contributed by atoms with Gasteiger partial charge >= 0.3 is 5.97 Å². The van der Waals surface area contributed by atoms with Gasteiger partial charge in [0.1, 0.15) is 5.75 Å². The van der Waals surface area contributed by atoms with Crippen molar-refractivity contribution in [2.75, 3.05) is 13.7 Å². The molecule has 1 aromatic carbocycles. The van der Waals surface area contributed by atoms with Gasteiger partial charge in [0.05, 0.1) is 18.9 Å². The number of carboxylic acid groups (broad SMARTS) is 1. The molecule has 1 aromatic rings. The minimum atomic E-state index is -0.861. The maximum Gasteiger partial charge on any atom is 0.307 e. The molecule has 0 aliphatic heterocycles. The highest BCUT2D eigenvalue weighted by molar-refractivity contribution is 5.85. The minimum absolute atomic E-state index is 0.136. The average Bonchev–Trinajstić information content (AvgIpc) is 2.97. The monoisotopic (exact) mass is 291 g/mol. The van der Waals surface area contributed by atoms with Crippen molar-refractivity contribution >= 4 is 11.9 Å². The van der Waals surface area contributed by atoms with Gasteiger partial charge in [0, 0.05) is 6.54 Å². The lowest BCUT2D eigenvalue weighted by atomic mass is 9.95. The third kappa shape index (κ3) is 3.97. The van der Waals surface area contributed by atoms with E-state index in [2.05, 4.69) is 5.32 Å². The molecule has 0 saturated heterocycles. The normalized spacial score (nSPS) is 21.0. The van der Waals surface area contributed by atoms with E-state index in [1.807, 2.05) is 24.3 Å². The summed E-state index contributed by atoms with van der Waals surface area (Å²) in [5.74, 6) is -1.11. The Hall–Kier alpha value is -2.04. The topological polar surface area (TPSA) is 75.6 Å². The summed E-state index contributed by atoms with van der Waals surface area (Å²) >= 11 is 0. The van der Waals surface area contributed by atoms with Gasteiger partial charge in [-0.2, -0.15) is 0 Å². The van der Waals surface area contributed by atoms with E-state index in [0.717, 1.165) is 17.7 Å². The van der Waals surface area contributed by atoms with E-state index in [0.29, 0.717) is 25.8 Å². The summed E-state index contributed by atoms with van der Waals surface area (Å²) in [6.45, 7) is 0.509. The molecule has 2 atom stereocenters. The summed E-state index contributed by atoms with van der Waals surface area (Å²) in [6, 6.07) is 7.69. The number of nitrogens with one attached hydrogen (secondary N) is 1. The number of carbonyl (C=O) groups excluding carboxylic acids is 1. The molecular formula is C16H21NO4. The van der Waals surface area contributed by atoms with Crippen molar-refractivity contribution < 1.29 is 19.4 Å². The highest BCUT2D eigenvalue weighted by Gasteiger charge is 2.37. The van der Waals surface area contributed by atoms with Crippen LogP contribution in [0.2, 0.25) is 0 Å². The molecule has 2 N–H and O–H groups in total. The SMILES string of the molecule is COc1cccc(CCNC(=O)C2CCCC2C(=O)O)c1. The second kappa shape index (κ2) is 7.11. The van der Waals surface area contributed by atoms with Crippen LogP contribution in [-0.2, 0) is 16.0 Å². The lowest BCUT2D eigenvalue weighted by Gasteiger charge is -2.15. The lowest BCUT2D eigenvalue weighted by Crippen LogP contribution is -2.36. The van der Waals surface area contributed by atoms with Gasteiger partial charge in [-0.25, -0.2) is 0 Å². The van der Waals surface area contributed by atoms with E-state index in [9.17, 15) is 9.59 Å². The zero-order valence-electron chi connectivity index (χ0n) is 12.2. The van der Waals surface area contributed by atoms with Crippen LogP contribution >= 0.6 is 0 Å². The maximum absolute atomic E-state index is 12.1. The number of hydrogen-bond donors (Lipinski definition) is 2. The highest BCUT2D eigenvalue weighted by Crippen LogP contribution is 2.31. The van der Waals surface area contributed by atoms with Crippen LogP contribution in [-0.4, -0.2) is 30.6 Å². The number of aliphatic carboxylic acids is 1. The highest BCUT2D eigenvalue weighted by atomic mass is 16.5. The predicted octanol–water partition coefficient (Wildman–Crippen LogP) is 1.85. The van der Waals surface area contributed by atoms with Crippen LogP contribution in [0.1, 0.15) is 24.8 Å². The van der Waals surface area contributed by atoms with Crippen molar-refractivity contribution in [2.24, 2.45) is 11.8 Å². The Kier molecular flexibility index (Phi) is 5.20. The Morgan fingerprint density at radius 3 is 2.81 bits per heavy atom. The fraction of sp³-hybridized carbons (Fsp3) is 0.500. The van der Waals surface area contributed by atoms with E-state index >= 15 is 0 Å². The van der Waals surface area contributed by atoms with Crippen molar-refractivity contribution in [1.29, 1.82) is 0 Å². The summed E-state index contributed by atoms with van der Waals surface area (Å²) in [4.78, 5) is 23.2. The lowest BCUT2D eigenvalue weighted by molar-refractivity contribution is -0.146. The molecule has 2 unspecified atom stereocenters. The quantitative estimate of drug-likeness (QED) is 0.838. The molecule has 1 amide bonds. The molecule has 1 saturated carbocycles. The van der Waals surface area contributed by atoms with Crippen LogP contribution in [0.5, 0.6) is 5.75 Å². The molecule has 1 aliphatic rings. The van der Waals surface area contributed by atoms with Crippen LogP contribution in [0, 0.1) is 11.8 Å². The maximum atomic E-state index is 12.1. The van der Waals surface area contributed by atoms with E-state index in [1.54, 1.807) is 7.11 Å². The van der Waals surface area contributed by atoms with Gasteiger partial charge in [-0.15, -0.1) is 0 Å². The standard InChI is InChI=1S/C16H21NO4/c1-21-12-5-2-4-11(10-12)8-9-17-15(18)13-6-3-7-14(13)16(19)20/h2,4-5,10,13-14H,3,6-9H2,1H3,(H,17,18)(H,19,20). The molecule has 5 heteroatoms. The third-order valence-corrected chi connectivity index (χ3v) is 4.02. The second-order valence-electron chi connectivity index (χ2n) is 5.37. The zero-order valence-corrected chi connectivity index (χ0v) is 12.2. The van der Waals surface area contributed by atoms with Crippen molar-refractivity contribution in [3.8, 4) is 5.75 Å². The predicted molar refractivity (Wildman–Crippen MR) is 78.2 cm³/mol. The van der Waals surface area contributed by atoms with Crippen LogP contribution in [0.25, 0.3) is 0 Å². The smallest absolute Gasteiger partial charge is 0.307 e. The number of hydrogen-bond acceptors (Lipinski definition) is 3. The van der Waals surface area contributed by atoms with Crippen molar-refractivity contribution in [2.45, 2.75) is 25.7 Å². The van der Waals surface area contributed by atoms with Gasteiger partial charge in [0.15, 0.2) is 0 Å². The number of amides is 1. The first kappa shape index (κ1) is 15.4. The molecule has 114 valence electrons. The summed E-state index contributed by atoms with van der Waals surface area (Å²) in [6.07, 6.45) is 2.78. The van der Waals surface area contributed by atoms with Crippen LogP contribution in [0.3, 0.4) is 0 Å². The van der Waals surface area contributed by atoms with Gasteiger partial charge in [0.25, 0.3) is 0 Å². The number of carbonyl (C=O) groups is 2. The molecule has 0 radical (unpaired) electrons. The first-order valence-corrected chi connectivity index (χ1v) is 7.25. The van der Waals surface area contributed by atoms with Gasteiger partial charge in [0.2, 0.25) is 5.91 Å². The van der Waals surface area contributed by atoms with Gasteiger partial charge in [-0.3, -0.25) is 9.59 Å². The van der Waals surface area contributed by atoms with E-state index in [-0.39, 0.29) is 11.8 Å². The molecule has 0 heterocycles. The first-order chi connectivity index (χ1) is 10.1. The average molecular weight is 291 g/mol. The van der Waals surface area contributed by atoms with E-state index in [1.165, 1.54) is 0 Å². The number of methoxy groups -OCH3 is 1. The first-order valence-electron chi connectivity index (χ1n) is 7.25. The van der Waals surface area contributed by atoms with Crippen LogP contribution in [0.15, 0.2) is 24.3 Å². The fourth-order valence-corrected chi connectivity index (χ4v) is 2.86. The Balaban J connectivity index is 1.82. The summed E-state index contributed by atoms with van der Waals surface area (Å²) in [7, 11) is 1.62. The molecule has 21 heavy (non-hydrogen) atoms. The van der Waals surface area contributed by atoms with Crippen molar-refractivity contribution in [3.05, 3.63) is 29.8 Å². The zero-order chi connectivity index (χ0) is 15.2.